The number of hydrogen-bond acceptors (Lipinski definition) is 6. The highest BCUT2D eigenvalue weighted by Gasteiger charge is 2.13. The molecule has 162 valence electrons. The van der Waals surface area contributed by atoms with Gasteiger partial charge in [-0.25, -0.2) is 4.99 Å². The van der Waals surface area contributed by atoms with Crippen LogP contribution >= 0.6 is 24.0 Å². The summed E-state index contributed by atoms with van der Waals surface area (Å²) in [6.07, 6.45) is 0.878. The van der Waals surface area contributed by atoms with Gasteiger partial charge in [0.1, 0.15) is 17.2 Å². The van der Waals surface area contributed by atoms with E-state index in [1.807, 2.05) is 19.1 Å². The molecule has 0 bridgehead atoms. The number of halogens is 1. The minimum absolute atomic E-state index is 0. The Balaban J connectivity index is 0.00000729. The van der Waals surface area contributed by atoms with Crippen LogP contribution in [0.3, 0.4) is 0 Å². The second-order valence-electron chi connectivity index (χ2n) is 5.59. The van der Waals surface area contributed by atoms with Gasteiger partial charge in [-0.2, -0.15) is 0 Å². The predicted molar refractivity (Wildman–Crippen MR) is 122 cm³/mol. The Morgan fingerprint density at radius 3 is 2.14 bits per heavy atom. The van der Waals surface area contributed by atoms with Crippen LogP contribution in [0.25, 0.3) is 0 Å². The Morgan fingerprint density at radius 2 is 1.61 bits per heavy atom. The molecule has 0 saturated carbocycles. The molecule has 2 N–H and O–H groups in total. The molecule has 1 aromatic rings. The first-order valence-electron chi connectivity index (χ1n) is 9.07. The van der Waals surface area contributed by atoms with Crippen molar-refractivity contribution in [3.8, 4) is 17.2 Å². The van der Waals surface area contributed by atoms with Crippen molar-refractivity contribution in [2.45, 2.75) is 19.9 Å². The first-order chi connectivity index (χ1) is 13.2. The van der Waals surface area contributed by atoms with Gasteiger partial charge < -0.3 is 34.3 Å². The highest BCUT2D eigenvalue weighted by atomic mass is 127. The average molecular weight is 511 g/mol. The van der Waals surface area contributed by atoms with Crippen LogP contribution in [0.4, 0.5) is 0 Å². The van der Waals surface area contributed by atoms with E-state index in [4.69, 9.17) is 23.7 Å². The monoisotopic (exact) mass is 511 g/mol. The number of ether oxygens (including phenoxy) is 5. The minimum Gasteiger partial charge on any atom is -0.496 e. The largest absolute Gasteiger partial charge is 0.496 e. The van der Waals surface area contributed by atoms with E-state index in [9.17, 15) is 0 Å². The van der Waals surface area contributed by atoms with Gasteiger partial charge in [-0.3, -0.25) is 0 Å². The van der Waals surface area contributed by atoms with E-state index in [1.165, 1.54) is 0 Å². The lowest BCUT2D eigenvalue weighted by Gasteiger charge is -2.15. The number of aliphatic imine (C=N–C) groups is 1. The molecule has 1 aromatic carbocycles. The summed E-state index contributed by atoms with van der Waals surface area (Å²) in [6.45, 7) is 5.87. The van der Waals surface area contributed by atoms with Crippen LogP contribution in [0.1, 0.15) is 18.9 Å². The topological polar surface area (TPSA) is 82.6 Å². The van der Waals surface area contributed by atoms with Crippen molar-refractivity contribution in [2.75, 3.05) is 61.3 Å². The zero-order valence-electron chi connectivity index (χ0n) is 17.5. The van der Waals surface area contributed by atoms with Crippen molar-refractivity contribution < 1.29 is 23.7 Å². The Kier molecular flexibility index (Phi) is 15.6. The Bertz CT molecular complexity index is 547. The van der Waals surface area contributed by atoms with E-state index in [2.05, 4.69) is 15.6 Å². The molecule has 0 amide bonds. The molecule has 0 atom stereocenters. The van der Waals surface area contributed by atoms with Gasteiger partial charge >= 0.3 is 0 Å². The number of benzene rings is 1. The second-order valence-corrected chi connectivity index (χ2v) is 5.59. The molecule has 0 heterocycles. The van der Waals surface area contributed by atoms with Gasteiger partial charge in [0, 0.05) is 38.9 Å². The maximum absolute atomic E-state index is 5.47. The van der Waals surface area contributed by atoms with Crippen molar-refractivity contribution in [3.63, 3.8) is 0 Å². The summed E-state index contributed by atoms with van der Waals surface area (Å²) in [6, 6.07) is 3.65. The molecule has 9 heteroatoms. The van der Waals surface area contributed by atoms with Gasteiger partial charge in [0.15, 0.2) is 5.96 Å². The van der Waals surface area contributed by atoms with Crippen molar-refractivity contribution in [3.05, 3.63) is 17.7 Å². The third kappa shape index (κ3) is 9.65. The van der Waals surface area contributed by atoms with Crippen molar-refractivity contribution in [2.24, 2.45) is 4.99 Å². The van der Waals surface area contributed by atoms with E-state index < -0.39 is 0 Å². The molecule has 0 spiro atoms. The van der Waals surface area contributed by atoms with Crippen LogP contribution in [0.2, 0.25) is 0 Å². The first-order valence-corrected chi connectivity index (χ1v) is 9.07. The van der Waals surface area contributed by atoms with Gasteiger partial charge in [0.05, 0.1) is 46.7 Å². The lowest BCUT2D eigenvalue weighted by molar-refractivity contribution is 0.0698. The molecular weight excluding hydrogens is 477 g/mol. The standard InChI is InChI=1S/C19H33N3O5.HI/c1-6-20-19(21-8-7-9-27-11-10-23-2)22-14-16-17(25-4)12-15(24-3)13-18(16)26-5;/h12-13H,6-11,14H2,1-5H3,(H2,20,21,22);1H. The van der Waals surface area contributed by atoms with Crippen LogP contribution in [0, 0.1) is 0 Å². The molecule has 0 fully saturated rings. The van der Waals surface area contributed by atoms with E-state index in [0.717, 1.165) is 31.0 Å². The van der Waals surface area contributed by atoms with Gasteiger partial charge in [-0.05, 0) is 13.3 Å². The third-order valence-electron chi connectivity index (χ3n) is 3.75. The van der Waals surface area contributed by atoms with Crippen molar-refractivity contribution >= 4 is 29.9 Å². The SMILES string of the molecule is CCNC(=NCc1c(OC)cc(OC)cc1OC)NCCCOCCOC.I. The Hall–Kier alpha value is -1.46. The molecule has 1 rings (SSSR count). The van der Waals surface area contributed by atoms with E-state index in [-0.39, 0.29) is 24.0 Å². The number of rotatable bonds is 13. The average Bonchev–Trinajstić information content (AvgIpc) is 2.70. The summed E-state index contributed by atoms with van der Waals surface area (Å²) in [5, 5.41) is 6.53. The summed E-state index contributed by atoms with van der Waals surface area (Å²) < 4.78 is 26.6. The lowest BCUT2D eigenvalue weighted by Crippen LogP contribution is -2.38. The maximum atomic E-state index is 5.47. The summed E-state index contributed by atoms with van der Waals surface area (Å²) in [4.78, 5) is 4.64. The molecule has 8 nitrogen and oxygen atoms in total. The zero-order valence-corrected chi connectivity index (χ0v) is 19.8. The van der Waals surface area contributed by atoms with Gasteiger partial charge in [-0.15, -0.1) is 24.0 Å². The highest BCUT2D eigenvalue weighted by molar-refractivity contribution is 14.0. The summed E-state index contributed by atoms with van der Waals surface area (Å²) in [5.74, 6) is 2.76. The van der Waals surface area contributed by atoms with Crippen LogP contribution in [-0.4, -0.2) is 67.3 Å². The molecule has 0 aliphatic carbocycles. The molecule has 0 aliphatic rings. The number of guanidine groups is 1. The molecule has 0 aliphatic heterocycles. The minimum atomic E-state index is 0. The first kappa shape index (κ1) is 26.5. The van der Waals surface area contributed by atoms with E-state index >= 15 is 0 Å². The molecular formula is C19H34IN3O5. The molecule has 0 radical (unpaired) electrons. The van der Waals surface area contributed by atoms with Gasteiger partial charge in [0.25, 0.3) is 0 Å². The maximum Gasteiger partial charge on any atom is 0.191 e. The van der Waals surface area contributed by atoms with Crippen molar-refractivity contribution in [1.82, 2.24) is 10.6 Å². The highest BCUT2D eigenvalue weighted by Crippen LogP contribution is 2.34. The molecule has 28 heavy (non-hydrogen) atoms. The van der Waals surface area contributed by atoms with Crippen molar-refractivity contribution in [1.29, 1.82) is 0 Å². The van der Waals surface area contributed by atoms with Gasteiger partial charge in [-0.1, -0.05) is 0 Å². The van der Waals surface area contributed by atoms with Gasteiger partial charge in [0.2, 0.25) is 0 Å². The molecule has 0 unspecified atom stereocenters. The fraction of sp³-hybridized carbons (Fsp3) is 0.632. The number of methoxy groups -OCH3 is 4. The normalized spacial score (nSPS) is 10.8. The van der Waals surface area contributed by atoms with Crippen LogP contribution in [0.15, 0.2) is 17.1 Å². The summed E-state index contributed by atoms with van der Waals surface area (Å²) in [5.41, 5.74) is 0.862. The number of nitrogens with one attached hydrogen (secondary N) is 2. The Morgan fingerprint density at radius 1 is 0.929 bits per heavy atom. The fourth-order valence-electron chi connectivity index (χ4n) is 2.36. The quantitative estimate of drug-likeness (QED) is 0.182. The Labute approximate surface area is 185 Å². The fourth-order valence-corrected chi connectivity index (χ4v) is 2.36. The lowest BCUT2D eigenvalue weighted by atomic mass is 10.1. The molecule has 0 aromatic heterocycles. The number of hydrogen-bond donors (Lipinski definition) is 2. The zero-order chi connectivity index (χ0) is 19.9. The summed E-state index contributed by atoms with van der Waals surface area (Å²) in [7, 11) is 6.51. The smallest absolute Gasteiger partial charge is 0.191 e. The van der Waals surface area contributed by atoms with Crippen LogP contribution in [-0.2, 0) is 16.0 Å². The third-order valence-corrected chi connectivity index (χ3v) is 3.75. The number of nitrogens with zero attached hydrogens (tertiary/aromatic N) is 1. The predicted octanol–water partition coefficient (Wildman–Crippen LogP) is 2.44. The van der Waals surface area contributed by atoms with Crippen LogP contribution in [0.5, 0.6) is 17.2 Å². The van der Waals surface area contributed by atoms with Crippen LogP contribution < -0.4 is 24.8 Å². The molecule has 0 saturated heterocycles. The second kappa shape index (κ2) is 16.5. The van der Waals surface area contributed by atoms with E-state index in [1.54, 1.807) is 28.4 Å². The summed E-state index contributed by atoms with van der Waals surface area (Å²) >= 11 is 0. The van der Waals surface area contributed by atoms with E-state index in [0.29, 0.717) is 43.6 Å².